The molecule has 3 rings (SSSR count). The Balaban J connectivity index is 2.10. The summed E-state index contributed by atoms with van der Waals surface area (Å²) in [5.74, 6) is -3.11. The van der Waals surface area contributed by atoms with Gasteiger partial charge in [0.2, 0.25) is 5.91 Å². The van der Waals surface area contributed by atoms with Crippen LogP contribution in [-0.4, -0.2) is 188 Å². The van der Waals surface area contributed by atoms with E-state index >= 15 is 0 Å². The third kappa shape index (κ3) is 12.8. The van der Waals surface area contributed by atoms with Crippen LogP contribution >= 0.6 is 0 Å². The summed E-state index contributed by atoms with van der Waals surface area (Å²) < 4.78 is 172. The molecule has 0 bridgehead atoms. The SMILES string of the molecule is CC(=O)N[C@H]1[C@H](O[C@H]2[C@H](O[C@@H]3O[C@@H](C)[C@@H](OS(=O)(=O)O)[C@@H](O)[C@@H]3OS(=O)(=O)O)[C@@H](O)[C@H](O)O[C@@H]2C(=O)O)O[C@H](COS(=O)(=O)O)[C@H](OS(=O)(=O)O)[C@@H]1O. The Morgan fingerprint density at radius 1 is 0.642 bits per heavy atom. The molecule has 0 aromatic carbocycles. The van der Waals surface area contributed by atoms with Gasteiger partial charge in [0.15, 0.2) is 31.1 Å². The molecular weight excluding hydrogens is 830 g/mol. The van der Waals surface area contributed by atoms with Gasteiger partial charge in [-0.15, -0.1) is 0 Å². The van der Waals surface area contributed by atoms with Gasteiger partial charge in [-0.3, -0.25) is 23.0 Å². The minimum Gasteiger partial charge on any atom is -0.479 e. The second kappa shape index (κ2) is 17.1. The first-order valence-corrected chi connectivity index (χ1v) is 19.5. The fourth-order valence-corrected chi connectivity index (χ4v) is 7.10. The Labute approximate surface area is 298 Å². The maximum atomic E-state index is 12.3. The second-order valence-corrected chi connectivity index (χ2v) is 15.4. The minimum absolute atomic E-state index is 0.813. The standard InChI is InChI=1S/C20H33NO28S4/c1-4-11(47-51(32,33)34)9(24)14(49-53(38,39)40)20(42-4)45-13-10(25)18(28)44-16(17(26)27)15(13)46-19-7(21-5(2)22)8(23)12(48-52(35,36)37)6(43-19)3-41-50(29,30)31/h4,6-16,18-20,23-25,28H,3H2,1-2H3,(H,21,22)(H,26,27)(H,29,30,31)(H,32,33,34)(H,35,36,37)(H,38,39,40)/t4-,6+,7+,8+,9+,10+,11+,12-,13+,14-,15-,16-,18+,19-,20-/m0/s1. The van der Waals surface area contributed by atoms with E-state index in [-0.39, 0.29) is 0 Å². The van der Waals surface area contributed by atoms with E-state index in [1.54, 1.807) is 0 Å². The first-order chi connectivity index (χ1) is 24.0. The van der Waals surface area contributed by atoms with Crippen molar-refractivity contribution >= 4 is 53.5 Å². The molecule has 3 heterocycles. The average molecular weight is 864 g/mol. The predicted octanol–water partition coefficient (Wildman–Crippen LogP) is -7.00. The molecule has 33 heteroatoms. The van der Waals surface area contributed by atoms with E-state index in [2.05, 4.69) is 16.7 Å². The molecule has 0 aromatic rings. The van der Waals surface area contributed by atoms with E-state index in [1.807, 2.05) is 5.32 Å². The van der Waals surface area contributed by atoms with Crippen LogP contribution in [0.3, 0.4) is 0 Å². The highest BCUT2D eigenvalue weighted by atomic mass is 32.3. The van der Waals surface area contributed by atoms with Gasteiger partial charge in [-0.25, -0.2) is 21.5 Å². The molecule has 3 fully saturated rings. The largest absolute Gasteiger partial charge is 0.479 e. The summed E-state index contributed by atoms with van der Waals surface area (Å²) in [5.41, 5.74) is 0. The van der Waals surface area contributed by atoms with Gasteiger partial charge in [-0.05, 0) is 6.92 Å². The van der Waals surface area contributed by atoms with Crippen LogP contribution in [0.15, 0.2) is 0 Å². The Kier molecular flexibility index (Phi) is 14.6. The van der Waals surface area contributed by atoms with Crippen LogP contribution in [0, 0.1) is 0 Å². The van der Waals surface area contributed by atoms with Crippen molar-refractivity contribution in [2.45, 2.75) is 106 Å². The molecule has 0 unspecified atom stereocenters. The van der Waals surface area contributed by atoms with E-state index in [0.717, 1.165) is 13.8 Å². The third-order valence-corrected chi connectivity index (χ3v) is 9.07. The lowest BCUT2D eigenvalue weighted by atomic mass is 9.95. The van der Waals surface area contributed by atoms with Crippen LogP contribution in [-0.2, 0) is 91.6 Å². The summed E-state index contributed by atoms with van der Waals surface area (Å²) in [6, 6.07) is -2.12. The Hall–Kier alpha value is -1.94. The highest BCUT2D eigenvalue weighted by molar-refractivity contribution is 7.81. The van der Waals surface area contributed by atoms with E-state index in [0.29, 0.717) is 0 Å². The lowest BCUT2D eigenvalue weighted by Gasteiger charge is -2.49. The first kappa shape index (κ1) is 45.4. The molecule has 310 valence electrons. The van der Waals surface area contributed by atoms with Crippen LogP contribution in [0.25, 0.3) is 0 Å². The molecule has 10 N–H and O–H groups in total. The Bertz CT molecular complexity index is 1750. The lowest BCUT2D eigenvalue weighted by Crippen LogP contribution is -2.69. The molecule has 53 heavy (non-hydrogen) atoms. The quantitative estimate of drug-likeness (QED) is 0.0684. The lowest BCUT2D eigenvalue weighted by molar-refractivity contribution is -0.368. The number of aliphatic hydroxyl groups excluding tert-OH is 4. The van der Waals surface area contributed by atoms with Gasteiger partial charge in [0.1, 0.15) is 54.9 Å². The summed E-state index contributed by atoms with van der Waals surface area (Å²) >= 11 is 0. The molecule has 0 aromatic heterocycles. The maximum Gasteiger partial charge on any atom is 0.397 e. The van der Waals surface area contributed by atoms with Gasteiger partial charge in [0.05, 0.1) is 12.7 Å². The monoisotopic (exact) mass is 863 g/mol. The normalized spacial score (nSPS) is 38.9. The molecule has 3 aliphatic rings. The number of carboxylic acid groups (broad SMARTS) is 1. The molecule has 3 saturated heterocycles. The molecule has 29 nitrogen and oxygen atoms in total. The molecule has 0 spiro atoms. The van der Waals surface area contributed by atoms with Crippen molar-refractivity contribution in [1.29, 1.82) is 0 Å². The van der Waals surface area contributed by atoms with Gasteiger partial charge in [-0.1, -0.05) is 0 Å². The number of carbonyl (C=O) groups excluding carboxylic acids is 1. The van der Waals surface area contributed by atoms with Crippen molar-refractivity contribution in [3.8, 4) is 0 Å². The van der Waals surface area contributed by atoms with Crippen molar-refractivity contribution in [3.05, 3.63) is 0 Å². The number of aliphatic carboxylic acids is 1. The molecule has 0 aliphatic carbocycles. The zero-order valence-corrected chi connectivity index (χ0v) is 29.5. The van der Waals surface area contributed by atoms with E-state index in [4.69, 9.17) is 32.8 Å². The number of ether oxygens (including phenoxy) is 5. The summed E-state index contributed by atoms with van der Waals surface area (Å²) in [4.78, 5) is 24.4. The maximum absolute atomic E-state index is 12.3. The van der Waals surface area contributed by atoms with Crippen molar-refractivity contribution < 1.29 is 127 Å². The molecule has 0 saturated carbocycles. The van der Waals surface area contributed by atoms with E-state index in [9.17, 15) is 77.9 Å². The zero-order chi connectivity index (χ0) is 40.6. The first-order valence-electron chi connectivity index (χ1n) is 14.1. The highest BCUT2D eigenvalue weighted by Gasteiger charge is 2.57. The van der Waals surface area contributed by atoms with E-state index < -0.39 is 152 Å². The summed E-state index contributed by atoms with van der Waals surface area (Å²) in [5, 5.41) is 54.9. The predicted molar refractivity (Wildman–Crippen MR) is 154 cm³/mol. The second-order valence-electron chi connectivity index (χ2n) is 11.1. The third-order valence-electron chi connectivity index (χ3n) is 7.24. The van der Waals surface area contributed by atoms with Gasteiger partial charge >= 0.3 is 47.6 Å². The molecule has 3 aliphatic heterocycles. The van der Waals surface area contributed by atoms with Crippen molar-refractivity contribution in [2.75, 3.05) is 6.61 Å². The molecule has 15 atom stereocenters. The fraction of sp³-hybridized carbons (Fsp3) is 0.900. The van der Waals surface area contributed by atoms with Crippen LogP contribution < -0.4 is 5.32 Å². The van der Waals surface area contributed by atoms with Crippen LogP contribution in [0.5, 0.6) is 0 Å². The van der Waals surface area contributed by atoms with Crippen LogP contribution in [0.2, 0.25) is 0 Å². The number of carbonyl (C=O) groups is 2. The fourth-order valence-electron chi connectivity index (χ4n) is 5.24. The van der Waals surface area contributed by atoms with E-state index in [1.165, 1.54) is 0 Å². The number of hydrogen-bond donors (Lipinski definition) is 10. The number of rotatable bonds is 15. The number of carboxylic acids is 1. The average Bonchev–Trinajstić information content (AvgIpc) is 2.96. The molecular formula is C20H33NO28S4. The van der Waals surface area contributed by atoms with Crippen LogP contribution in [0.1, 0.15) is 13.8 Å². The minimum atomic E-state index is -5.65. The van der Waals surface area contributed by atoms with Crippen molar-refractivity contribution in [3.63, 3.8) is 0 Å². The summed E-state index contributed by atoms with van der Waals surface area (Å²) in [6.45, 7) is 0.297. The van der Waals surface area contributed by atoms with Crippen LogP contribution in [0.4, 0.5) is 0 Å². The van der Waals surface area contributed by atoms with Crippen molar-refractivity contribution in [1.82, 2.24) is 5.32 Å². The topological polar surface area (TPSA) is 448 Å². The molecule has 0 radical (unpaired) electrons. The Morgan fingerprint density at radius 3 is 1.64 bits per heavy atom. The summed E-state index contributed by atoms with van der Waals surface area (Å²) in [7, 11) is -22.0. The smallest absolute Gasteiger partial charge is 0.397 e. The Morgan fingerprint density at radius 2 is 1.15 bits per heavy atom. The molecule has 1 amide bonds. The number of hydrogen-bond acceptors (Lipinski definition) is 23. The zero-order valence-electron chi connectivity index (χ0n) is 26.3. The van der Waals surface area contributed by atoms with Crippen molar-refractivity contribution in [2.24, 2.45) is 0 Å². The number of nitrogens with one attached hydrogen (secondary N) is 1. The van der Waals surface area contributed by atoms with Gasteiger partial charge in [0, 0.05) is 6.92 Å². The van der Waals surface area contributed by atoms with Gasteiger partial charge < -0.3 is 54.5 Å². The number of amides is 1. The van der Waals surface area contributed by atoms with Gasteiger partial charge in [-0.2, -0.15) is 33.7 Å². The van der Waals surface area contributed by atoms with Gasteiger partial charge in [0.25, 0.3) is 0 Å². The number of aliphatic hydroxyl groups is 4. The summed E-state index contributed by atoms with van der Waals surface area (Å²) in [6.07, 6.45) is -33.6. The highest BCUT2D eigenvalue weighted by Crippen LogP contribution is 2.35.